The molecule has 4 heteroatoms. The first-order valence-electron chi connectivity index (χ1n) is 5.08. The van der Waals surface area contributed by atoms with Gasteiger partial charge in [0.25, 0.3) is 5.69 Å². The van der Waals surface area contributed by atoms with Gasteiger partial charge < -0.3 is 5.32 Å². The summed E-state index contributed by atoms with van der Waals surface area (Å²) < 4.78 is 0. The predicted octanol–water partition coefficient (Wildman–Crippen LogP) is 2.31. The molecule has 1 N–H and O–H groups in total. The van der Waals surface area contributed by atoms with E-state index in [4.69, 9.17) is 0 Å². The van der Waals surface area contributed by atoms with Crippen LogP contribution in [0.25, 0.3) is 0 Å². The lowest BCUT2D eigenvalue weighted by Crippen LogP contribution is -2.16. The monoisotopic (exact) mass is 208 g/mol. The lowest BCUT2D eigenvalue weighted by atomic mass is 9.96. The Hall–Kier alpha value is -1.42. The van der Waals surface area contributed by atoms with Crippen molar-refractivity contribution < 1.29 is 4.92 Å². The fourth-order valence-electron chi connectivity index (χ4n) is 1.61. The molecule has 0 radical (unpaired) electrons. The van der Waals surface area contributed by atoms with E-state index < -0.39 is 0 Å². The Balaban J connectivity index is 2.81. The molecule has 4 nitrogen and oxygen atoms in total. The van der Waals surface area contributed by atoms with E-state index in [1.54, 1.807) is 12.1 Å². The Morgan fingerprint density at radius 2 is 2.00 bits per heavy atom. The van der Waals surface area contributed by atoms with E-state index in [0.717, 1.165) is 18.5 Å². The number of hydrogen-bond acceptors (Lipinski definition) is 3. The van der Waals surface area contributed by atoms with Crippen LogP contribution in [-0.4, -0.2) is 18.5 Å². The number of benzene rings is 1. The molecular formula is C11H16N2O2. The quantitative estimate of drug-likeness (QED) is 0.596. The fraction of sp³-hybridized carbons (Fsp3) is 0.455. The largest absolute Gasteiger partial charge is 0.319 e. The predicted molar refractivity (Wildman–Crippen MR) is 60.1 cm³/mol. The van der Waals surface area contributed by atoms with Gasteiger partial charge >= 0.3 is 0 Å². The number of nitro groups is 1. The number of nitrogens with zero attached hydrogens (tertiary/aromatic N) is 1. The van der Waals surface area contributed by atoms with Gasteiger partial charge in [-0.3, -0.25) is 10.1 Å². The third-order valence-corrected chi connectivity index (χ3v) is 2.52. The van der Waals surface area contributed by atoms with Gasteiger partial charge in [-0.15, -0.1) is 0 Å². The first kappa shape index (κ1) is 11.7. The van der Waals surface area contributed by atoms with Crippen LogP contribution < -0.4 is 5.32 Å². The molecule has 0 spiro atoms. The van der Waals surface area contributed by atoms with E-state index in [1.807, 2.05) is 19.2 Å². The lowest BCUT2D eigenvalue weighted by molar-refractivity contribution is -0.384. The number of likely N-dealkylation sites (N-methyl/N-ethyl adjacent to an activating group) is 1. The van der Waals surface area contributed by atoms with Gasteiger partial charge in [0.1, 0.15) is 0 Å². The van der Waals surface area contributed by atoms with E-state index in [1.165, 1.54) is 0 Å². The molecule has 1 rings (SSSR count). The molecule has 0 bridgehead atoms. The van der Waals surface area contributed by atoms with Crippen molar-refractivity contribution in [2.45, 2.75) is 19.3 Å². The van der Waals surface area contributed by atoms with Gasteiger partial charge in [0.15, 0.2) is 0 Å². The molecule has 1 aromatic carbocycles. The van der Waals surface area contributed by atoms with Crippen LogP contribution in [0.4, 0.5) is 5.69 Å². The van der Waals surface area contributed by atoms with Crippen LogP contribution in [0.5, 0.6) is 0 Å². The first-order chi connectivity index (χ1) is 7.19. The van der Waals surface area contributed by atoms with Crippen molar-refractivity contribution in [1.82, 2.24) is 5.32 Å². The highest BCUT2D eigenvalue weighted by Gasteiger charge is 2.10. The fourth-order valence-corrected chi connectivity index (χ4v) is 1.61. The number of nitro benzene ring substituents is 1. The van der Waals surface area contributed by atoms with E-state index in [-0.39, 0.29) is 10.6 Å². The summed E-state index contributed by atoms with van der Waals surface area (Å²) in [5.41, 5.74) is 1.30. The zero-order valence-electron chi connectivity index (χ0n) is 9.06. The van der Waals surface area contributed by atoms with E-state index in [0.29, 0.717) is 5.92 Å². The van der Waals surface area contributed by atoms with Crippen molar-refractivity contribution in [3.8, 4) is 0 Å². The van der Waals surface area contributed by atoms with Crippen LogP contribution in [-0.2, 0) is 0 Å². The Kier molecular flexibility index (Phi) is 4.24. The number of hydrogen-bond donors (Lipinski definition) is 1. The van der Waals surface area contributed by atoms with Crippen LogP contribution in [0.2, 0.25) is 0 Å². The van der Waals surface area contributed by atoms with Gasteiger partial charge in [0.05, 0.1) is 4.92 Å². The SMILES string of the molecule is CCC(CNC)c1ccc([N+](=O)[O-])cc1. The van der Waals surface area contributed by atoms with Gasteiger partial charge in [0, 0.05) is 18.7 Å². The molecule has 0 aliphatic carbocycles. The molecule has 1 aromatic rings. The number of non-ortho nitro benzene ring substituents is 1. The summed E-state index contributed by atoms with van der Waals surface area (Å²) in [5.74, 6) is 0.427. The maximum absolute atomic E-state index is 10.5. The molecule has 0 heterocycles. The van der Waals surface area contributed by atoms with Crippen LogP contribution in [0.15, 0.2) is 24.3 Å². The van der Waals surface area contributed by atoms with E-state index >= 15 is 0 Å². The van der Waals surface area contributed by atoms with Gasteiger partial charge in [0.2, 0.25) is 0 Å². The average molecular weight is 208 g/mol. The highest BCUT2D eigenvalue weighted by atomic mass is 16.6. The molecule has 15 heavy (non-hydrogen) atoms. The molecule has 1 atom stereocenters. The van der Waals surface area contributed by atoms with Crippen molar-refractivity contribution >= 4 is 5.69 Å². The van der Waals surface area contributed by atoms with Gasteiger partial charge in [-0.25, -0.2) is 0 Å². The Morgan fingerprint density at radius 1 is 1.40 bits per heavy atom. The number of nitrogens with one attached hydrogen (secondary N) is 1. The van der Waals surface area contributed by atoms with Crippen LogP contribution in [0.3, 0.4) is 0 Å². The molecule has 0 fully saturated rings. The van der Waals surface area contributed by atoms with E-state index in [9.17, 15) is 10.1 Å². The molecular weight excluding hydrogens is 192 g/mol. The van der Waals surface area contributed by atoms with Crippen LogP contribution in [0.1, 0.15) is 24.8 Å². The summed E-state index contributed by atoms with van der Waals surface area (Å²) in [7, 11) is 1.91. The summed E-state index contributed by atoms with van der Waals surface area (Å²) in [6, 6.07) is 6.80. The molecule has 1 unspecified atom stereocenters. The second kappa shape index (κ2) is 5.46. The maximum atomic E-state index is 10.5. The van der Waals surface area contributed by atoms with Gasteiger partial charge in [-0.2, -0.15) is 0 Å². The van der Waals surface area contributed by atoms with E-state index in [2.05, 4.69) is 12.2 Å². The zero-order chi connectivity index (χ0) is 11.3. The summed E-state index contributed by atoms with van der Waals surface area (Å²) in [6.45, 7) is 3.01. The third kappa shape index (κ3) is 3.02. The van der Waals surface area contributed by atoms with Crippen molar-refractivity contribution in [2.75, 3.05) is 13.6 Å². The molecule has 0 saturated carbocycles. The minimum Gasteiger partial charge on any atom is -0.319 e. The maximum Gasteiger partial charge on any atom is 0.269 e. The average Bonchev–Trinajstić information content (AvgIpc) is 2.26. The Morgan fingerprint density at radius 3 is 2.40 bits per heavy atom. The van der Waals surface area contributed by atoms with Gasteiger partial charge in [-0.1, -0.05) is 19.1 Å². The normalized spacial score (nSPS) is 12.4. The Labute approximate surface area is 89.5 Å². The second-order valence-electron chi connectivity index (χ2n) is 3.51. The summed E-state index contributed by atoms with van der Waals surface area (Å²) in [5, 5.41) is 13.6. The van der Waals surface area contributed by atoms with Crippen molar-refractivity contribution in [2.24, 2.45) is 0 Å². The molecule has 0 saturated heterocycles. The first-order valence-corrected chi connectivity index (χ1v) is 5.08. The summed E-state index contributed by atoms with van der Waals surface area (Å²) >= 11 is 0. The number of rotatable bonds is 5. The standard InChI is InChI=1S/C11H16N2O2/c1-3-9(8-12-2)10-4-6-11(7-5-10)13(14)15/h4-7,9,12H,3,8H2,1-2H3. The molecule has 0 amide bonds. The topological polar surface area (TPSA) is 55.2 Å². The van der Waals surface area contributed by atoms with Crippen LogP contribution in [0, 0.1) is 10.1 Å². The lowest BCUT2D eigenvalue weighted by Gasteiger charge is -2.14. The highest BCUT2D eigenvalue weighted by Crippen LogP contribution is 2.21. The van der Waals surface area contributed by atoms with Crippen LogP contribution >= 0.6 is 0 Å². The summed E-state index contributed by atoms with van der Waals surface area (Å²) in [4.78, 5) is 10.1. The second-order valence-corrected chi connectivity index (χ2v) is 3.51. The summed E-state index contributed by atoms with van der Waals surface area (Å²) in [6.07, 6.45) is 1.03. The minimum atomic E-state index is -0.372. The van der Waals surface area contributed by atoms with Crippen molar-refractivity contribution in [1.29, 1.82) is 0 Å². The molecule has 82 valence electrons. The third-order valence-electron chi connectivity index (χ3n) is 2.52. The zero-order valence-corrected chi connectivity index (χ0v) is 9.06. The molecule has 0 aliphatic rings. The molecule has 0 aromatic heterocycles. The highest BCUT2D eigenvalue weighted by molar-refractivity contribution is 5.34. The van der Waals surface area contributed by atoms with Gasteiger partial charge in [-0.05, 0) is 24.9 Å². The van der Waals surface area contributed by atoms with Crippen molar-refractivity contribution in [3.05, 3.63) is 39.9 Å². The Bertz CT molecular complexity index is 322. The smallest absolute Gasteiger partial charge is 0.269 e. The van der Waals surface area contributed by atoms with Crippen molar-refractivity contribution in [3.63, 3.8) is 0 Å². The molecule has 0 aliphatic heterocycles. The minimum absolute atomic E-state index is 0.151.